The van der Waals surface area contributed by atoms with Crippen LogP contribution in [0.15, 0.2) is 41.4 Å². The summed E-state index contributed by atoms with van der Waals surface area (Å²) in [6, 6.07) is 9.45. The molecule has 2 N–H and O–H groups in total. The van der Waals surface area contributed by atoms with Crippen LogP contribution in [0.5, 0.6) is 5.75 Å². The van der Waals surface area contributed by atoms with Crippen molar-refractivity contribution in [3.63, 3.8) is 0 Å². The molecule has 2 aliphatic rings. The Balaban J connectivity index is 0.00000385. The topological polar surface area (TPSA) is 52.1 Å². The predicted molar refractivity (Wildman–Crippen MR) is 150 cm³/mol. The SMILES string of the molecule is C=C(C)CN1CCC(NC(=NCC2CCCN(C)C2c2ccc(OC)cc2)NCC)CC1.I. The quantitative estimate of drug-likeness (QED) is 0.212. The van der Waals surface area contributed by atoms with Crippen LogP contribution in [-0.2, 0) is 0 Å². The molecular weight excluding hydrogens is 525 g/mol. The molecule has 0 saturated carbocycles. The Morgan fingerprint density at radius 1 is 1.15 bits per heavy atom. The molecule has 7 heteroatoms. The van der Waals surface area contributed by atoms with Gasteiger partial charge in [-0.2, -0.15) is 0 Å². The number of piperidine rings is 2. The first-order valence-corrected chi connectivity index (χ1v) is 12.3. The van der Waals surface area contributed by atoms with Gasteiger partial charge in [0.05, 0.1) is 7.11 Å². The molecule has 33 heavy (non-hydrogen) atoms. The molecule has 2 heterocycles. The lowest BCUT2D eigenvalue weighted by Gasteiger charge is -2.39. The van der Waals surface area contributed by atoms with Crippen molar-refractivity contribution < 1.29 is 4.74 Å². The van der Waals surface area contributed by atoms with Crippen molar-refractivity contribution in [1.82, 2.24) is 20.4 Å². The zero-order valence-electron chi connectivity index (χ0n) is 21.0. The minimum atomic E-state index is 0. The molecule has 0 radical (unpaired) electrons. The molecule has 2 atom stereocenters. The Labute approximate surface area is 218 Å². The average Bonchev–Trinajstić information content (AvgIpc) is 2.79. The van der Waals surface area contributed by atoms with Crippen LogP contribution in [0.25, 0.3) is 0 Å². The lowest BCUT2D eigenvalue weighted by atomic mass is 9.85. The Kier molecular flexibility index (Phi) is 12.0. The number of likely N-dealkylation sites (tertiary alicyclic amines) is 2. The van der Waals surface area contributed by atoms with Crippen molar-refractivity contribution in [2.24, 2.45) is 10.9 Å². The molecule has 0 aliphatic carbocycles. The molecule has 6 nitrogen and oxygen atoms in total. The fourth-order valence-electron chi connectivity index (χ4n) is 5.12. The molecule has 0 amide bonds. The van der Waals surface area contributed by atoms with Crippen LogP contribution in [-0.4, -0.2) is 75.2 Å². The summed E-state index contributed by atoms with van der Waals surface area (Å²) < 4.78 is 5.35. The maximum atomic E-state index is 5.35. The normalized spacial score (nSPS) is 23.0. The fourth-order valence-corrected chi connectivity index (χ4v) is 5.12. The van der Waals surface area contributed by atoms with Gasteiger partial charge in [0.1, 0.15) is 5.75 Å². The second-order valence-corrected chi connectivity index (χ2v) is 9.47. The number of nitrogens with zero attached hydrogens (tertiary/aromatic N) is 3. The van der Waals surface area contributed by atoms with E-state index in [2.05, 4.69) is 72.2 Å². The summed E-state index contributed by atoms with van der Waals surface area (Å²) in [5.41, 5.74) is 2.60. The molecule has 2 fully saturated rings. The van der Waals surface area contributed by atoms with Crippen molar-refractivity contribution in [2.75, 3.05) is 53.4 Å². The average molecular weight is 570 g/mol. The fraction of sp³-hybridized carbons (Fsp3) is 0.654. The van der Waals surface area contributed by atoms with Crippen molar-refractivity contribution >= 4 is 29.9 Å². The van der Waals surface area contributed by atoms with Crippen LogP contribution in [0.3, 0.4) is 0 Å². The lowest BCUT2D eigenvalue weighted by Crippen LogP contribution is -2.49. The number of nitrogens with one attached hydrogen (secondary N) is 2. The highest BCUT2D eigenvalue weighted by Gasteiger charge is 2.30. The number of guanidine groups is 1. The first kappa shape index (κ1) is 27.9. The van der Waals surface area contributed by atoms with E-state index in [1.165, 1.54) is 24.0 Å². The zero-order chi connectivity index (χ0) is 22.9. The minimum Gasteiger partial charge on any atom is -0.497 e. The van der Waals surface area contributed by atoms with Crippen LogP contribution >= 0.6 is 24.0 Å². The summed E-state index contributed by atoms with van der Waals surface area (Å²) in [6.07, 6.45) is 4.74. The van der Waals surface area contributed by atoms with Gasteiger partial charge in [0.2, 0.25) is 0 Å². The molecule has 2 unspecified atom stereocenters. The monoisotopic (exact) mass is 569 g/mol. The van der Waals surface area contributed by atoms with Gasteiger partial charge in [-0.25, -0.2) is 0 Å². The standard InChI is InChI=1S/C26H43N5O.HI/c1-6-27-26(29-23-13-16-31(17-14-23)19-20(2)3)28-18-22-8-7-15-30(4)25(22)21-9-11-24(32-5)12-10-21;/h9-12,22-23,25H,2,6-8,13-19H2,1,3-5H3,(H2,27,28,29);1H. The summed E-state index contributed by atoms with van der Waals surface area (Å²) >= 11 is 0. The maximum Gasteiger partial charge on any atom is 0.191 e. The van der Waals surface area contributed by atoms with Gasteiger partial charge in [0.15, 0.2) is 5.96 Å². The number of ether oxygens (including phenoxy) is 1. The van der Waals surface area contributed by atoms with E-state index in [-0.39, 0.29) is 24.0 Å². The van der Waals surface area contributed by atoms with Gasteiger partial charge in [-0.15, -0.1) is 24.0 Å². The molecule has 1 aromatic rings. The molecule has 2 saturated heterocycles. The third kappa shape index (κ3) is 8.44. The summed E-state index contributed by atoms with van der Waals surface area (Å²) in [6.45, 7) is 14.4. The van der Waals surface area contributed by atoms with Gasteiger partial charge in [-0.3, -0.25) is 14.8 Å². The summed E-state index contributed by atoms with van der Waals surface area (Å²) in [7, 11) is 3.96. The minimum absolute atomic E-state index is 0. The summed E-state index contributed by atoms with van der Waals surface area (Å²) in [4.78, 5) is 10.0. The molecule has 3 rings (SSSR count). The van der Waals surface area contributed by atoms with Crippen LogP contribution < -0.4 is 15.4 Å². The van der Waals surface area contributed by atoms with E-state index in [0.29, 0.717) is 18.0 Å². The Morgan fingerprint density at radius 2 is 1.85 bits per heavy atom. The largest absolute Gasteiger partial charge is 0.497 e. The second kappa shape index (κ2) is 14.2. The molecule has 0 aromatic heterocycles. The Bertz CT molecular complexity index is 746. The number of hydrogen-bond acceptors (Lipinski definition) is 4. The number of hydrogen-bond donors (Lipinski definition) is 2. The van der Waals surface area contributed by atoms with Gasteiger partial charge < -0.3 is 15.4 Å². The molecule has 1 aromatic carbocycles. The van der Waals surface area contributed by atoms with Gasteiger partial charge in [0.25, 0.3) is 0 Å². The van der Waals surface area contributed by atoms with Crippen molar-refractivity contribution in [3.05, 3.63) is 42.0 Å². The smallest absolute Gasteiger partial charge is 0.191 e. The summed E-state index contributed by atoms with van der Waals surface area (Å²) in [5.74, 6) is 2.39. The van der Waals surface area contributed by atoms with Crippen LogP contribution in [0, 0.1) is 5.92 Å². The first-order valence-electron chi connectivity index (χ1n) is 12.3. The molecule has 0 bridgehead atoms. The van der Waals surface area contributed by atoms with E-state index in [1.54, 1.807) is 7.11 Å². The highest BCUT2D eigenvalue weighted by atomic mass is 127. The third-order valence-electron chi connectivity index (χ3n) is 6.71. The van der Waals surface area contributed by atoms with E-state index in [4.69, 9.17) is 9.73 Å². The van der Waals surface area contributed by atoms with E-state index < -0.39 is 0 Å². The van der Waals surface area contributed by atoms with Gasteiger partial charge in [-0.05, 0) is 76.7 Å². The number of aliphatic imine (C=N–C) groups is 1. The van der Waals surface area contributed by atoms with Gasteiger partial charge in [-0.1, -0.05) is 24.3 Å². The van der Waals surface area contributed by atoms with Crippen molar-refractivity contribution in [1.29, 1.82) is 0 Å². The maximum absolute atomic E-state index is 5.35. The van der Waals surface area contributed by atoms with Gasteiger partial charge in [0, 0.05) is 44.8 Å². The van der Waals surface area contributed by atoms with Gasteiger partial charge >= 0.3 is 0 Å². The number of methoxy groups -OCH3 is 1. The van der Waals surface area contributed by atoms with Crippen LogP contribution in [0.4, 0.5) is 0 Å². The number of rotatable bonds is 8. The lowest BCUT2D eigenvalue weighted by molar-refractivity contribution is 0.125. The Morgan fingerprint density at radius 3 is 2.45 bits per heavy atom. The highest BCUT2D eigenvalue weighted by Crippen LogP contribution is 2.35. The predicted octanol–water partition coefficient (Wildman–Crippen LogP) is 4.29. The molecule has 0 spiro atoms. The zero-order valence-corrected chi connectivity index (χ0v) is 23.3. The van der Waals surface area contributed by atoms with Crippen molar-refractivity contribution in [3.8, 4) is 5.75 Å². The van der Waals surface area contributed by atoms with E-state index in [0.717, 1.165) is 63.8 Å². The highest BCUT2D eigenvalue weighted by molar-refractivity contribution is 14.0. The number of halogens is 1. The van der Waals surface area contributed by atoms with E-state index in [1.807, 2.05) is 0 Å². The van der Waals surface area contributed by atoms with Crippen molar-refractivity contribution in [2.45, 2.75) is 51.6 Å². The molecule has 2 aliphatic heterocycles. The van der Waals surface area contributed by atoms with Crippen LogP contribution in [0.2, 0.25) is 0 Å². The van der Waals surface area contributed by atoms with Crippen LogP contribution in [0.1, 0.15) is 51.1 Å². The van der Waals surface area contributed by atoms with E-state index in [9.17, 15) is 0 Å². The molecular formula is C26H44IN5O. The van der Waals surface area contributed by atoms with E-state index >= 15 is 0 Å². The molecule has 186 valence electrons. The first-order chi connectivity index (χ1) is 15.5. The second-order valence-electron chi connectivity index (χ2n) is 9.47. The summed E-state index contributed by atoms with van der Waals surface area (Å²) in [5, 5.41) is 7.19. The third-order valence-corrected chi connectivity index (χ3v) is 6.71. The number of benzene rings is 1. The Hall–Kier alpha value is -1.32.